The minimum absolute atomic E-state index is 0.104. The fraction of sp³-hybridized carbons (Fsp3) is 0.471. The molecule has 0 saturated carbocycles. The number of benzene rings is 1. The first kappa shape index (κ1) is 14.8. The summed E-state index contributed by atoms with van der Waals surface area (Å²) in [5, 5.41) is 0. The van der Waals surface area contributed by atoms with Gasteiger partial charge in [0.15, 0.2) is 6.23 Å². The molecular formula is C17H23NO2. The van der Waals surface area contributed by atoms with Gasteiger partial charge >= 0.3 is 0 Å². The van der Waals surface area contributed by atoms with Crippen molar-refractivity contribution in [2.75, 3.05) is 7.11 Å². The van der Waals surface area contributed by atoms with E-state index in [2.05, 4.69) is 6.92 Å². The molecule has 108 valence electrons. The Morgan fingerprint density at radius 1 is 1.25 bits per heavy atom. The average molecular weight is 273 g/mol. The van der Waals surface area contributed by atoms with Gasteiger partial charge in [0.1, 0.15) is 0 Å². The number of amides is 1. The predicted octanol–water partition coefficient (Wildman–Crippen LogP) is 3.51. The molecular weight excluding hydrogens is 250 g/mol. The van der Waals surface area contributed by atoms with Gasteiger partial charge in [-0.15, -0.1) is 0 Å². The SMILES string of the molecule is CCCCC1=C(C)C(=O)N(Cc2ccccc2)C1OC. The van der Waals surface area contributed by atoms with Crippen LogP contribution in [0.1, 0.15) is 38.7 Å². The Morgan fingerprint density at radius 2 is 1.95 bits per heavy atom. The van der Waals surface area contributed by atoms with E-state index in [1.807, 2.05) is 42.2 Å². The highest BCUT2D eigenvalue weighted by atomic mass is 16.5. The first-order valence-corrected chi connectivity index (χ1v) is 7.26. The highest BCUT2D eigenvalue weighted by Crippen LogP contribution is 2.31. The molecule has 2 rings (SSSR count). The molecule has 1 aliphatic heterocycles. The molecule has 1 aliphatic rings. The van der Waals surface area contributed by atoms with Crippen molar-refractivity contribution >= 4 is 5.91 Å². The number of methoxy groups -OCH3 is 1. The van der Waals surface area contributed by atoms with Crippen LogP contribution in [0, 0.1) is 0 Å². The van der Waals surface area contributed by atoms with Gasteiger partial charge in [-0.3, -0.25) is 4.79 Å². The van der Waals surface area contributed by atoms with E-state index in [9.17, 15) is 4.79 Å². The van der Waals surface area contributed by atoms with E-state index in [0.29, 0.717) is 6.54 Å². The van der Waals surface area contributed by atoms with E-state index in [4.69, 9.17) is 4.74 Å². The van der Waals surface area contributed by atoms with Crippen molar-refractivity contribution in [3.8, 4) is 0 Å². The van der Waals surface area contributed by atoms with Crippen molar-refractivity contribution in [1.29, 1.82) is 0 Å². The van der Waals surface area contributed by atoms with E-state index in [-0.39, 0.29) is 12.1 Å². The number of nitrogens with zero attached hydrogens (tertiary/aromatic N) is 1. The van der Waals surface area contributed by atoms with Gasteiger partial charge in [0.2, 0.25) is 0 Å². The summed E-state index contributed by atoms with van der Waals surface area (Å²) in [6.45, 7) is 4.69. The summed E-state index contributed by atoms with van der Waals surface area (Å²) in [5.74, 6) is 0.104. The number of ether oxygens (including phenoxy) is 1. The molecule has 3 heteroatoms. The zero-order valence-corrected chi connectivity index (χ0v) is 12.6. The van der Waals surface area contributed by atoms with Crippen LogP contribution in [0.3, 0.4) is 0 Å². The summed E-state index contributed by atoms with van der Waals surface area (Å²) >= 11 is 0. The lowest BCUT2D eigenvalue weighted by Crippen LogP contribution is -2.36. The van der Waals surface area contributed by atoms with Gasteiger partial charge in [-0.25, -0.2) is 0 Å². The third kappa shape index (κ3) is 2.93. The van der Waals surface area contributed by atoms with Crippen molar-refractivity contribution in [3.63, 3.8) is 0 Å². The third-order valence-corrected chi connectivity index (χ3v) is 3.86. The number of hydrogen-bond acceptors (Lipinski definition) is 2. The van der Waals surface area contributed by atoms with E-state index in [0.717, 1.165) is 36.0 Å². The molecule has 1 aromatic carbocycles. The third-order valence-electron chi connectivity index (χ3n) is 3.86. The maximum absolute atomic E-state index is 12.4. The summed E-state index contributed by atoms with van der Waals surface area (Å²) in [7, 11) is 1.68. The standard InChI is InChI=1S/C17H23NO2/c1-4-5-11-15-13(2)16(19)18(17(15)20-3)12-14-9-7-6-8-10-14/h6-10,17H,4-5,11-12H2,1-3H3. The van der Waals surface area contributed by atoms with Gasteiger partial charge in [-0.1, -0.05) is 43.7 Å². The minimum atomic E-state index is -0.200. The molecule has 0 aromatic heterocycles. The van der Waals surface area contributed by atoms with Crippen LogP contribution in [0.4, 0.5) is 0 Å². The number of unbranched alkanes of at least 4 members (excludes halogenated alkanes) is 1. The van der Waals surface area contributed by atoms with Gasteiger partial charge < -0.3 is 9.64 Å². The van der Waals surface area contributed by atoms with Crippen LogP contribution in [-0.2, 0) is 16.1 Å². The van der Waals surface area contributed by atoms with Gasteiger partial charge in [0, 0.05) is 19.2 Å². The monoisotopic (exact) mass is 273 g/mol. The number of carbonyl (C=O) groups is 1. The quantitative estimate of drug-likeness (QED) is 0.794. The Morgan fingerprint density at radius 3 is 2.55 bits per heavy atom. The van der Waals surface area contributed by atoms with Crippen LogP contribution < -0.4 is 0 Å². The van der Waals surface area contributed by atoms with Crippen LogP contribution in [0.5, 0.6) is 0 Å². The summed E-state index contributed by atoms with van der Waals surface area (Å²) in [4.78, 5) is 14.3. The maximum Gasteiger partial charge on any atom is 0.252 e. The Hall–Kier alpha value is -1.61. The van der Waals surface area contributed by atoms with Crippen molar-refractivity contribution in [3.05, 3.63) is 47.0 Å². The Bertz CT molecular complexity index is 493. The second-order valence-corrected chi connectivity index (χ2v) is 5.26. The molecule has 0 N–H and O–H groups in total. The average Bonchev–Trinajstić information content (AvgIpc) is 2.70. The molecule has 3 nitrogen and oxygen atoms in total. The Balaban J connectivity index is 2.17. The number of rotatable bonds is 6. The molecule has 1 amide bonds. The predicted molar refractivity (Wildman–Crippen MR) is 80.0 cm³/mol. The zero-order valence-electron chi connectivity index (χ0n) is 12.6. The van der Waals surface area contributed by atoms with Crippen LogP contribution in [0.25, 0.3) is 0 Å². The molecule has 1 unspecified atom stereocenters. The first-order valence-electron chi connectivity index (χ1n) is 7.26. The molecule has 1 heterocycles. The van der Waals surface area contributed by atoms with Crippen molar-refractivity contribution < 1.29 is 9.53 Å². The van der Waals surface area contributed by atoms with Crippen molar-refractivity contribution in [2.24, 2.45) is 0 Å². The van der Waals surface area contributed by atoms with Crippen LogP contribution in [0.2, 0.25) is 0 Å². The normalized spacial score (nSPS) is 19.1. The molecule has 0 bridgehead atoms. The molecule has 0 spiro atoms. The molecule has 0 saturated heterocycles. The molecule has 0 aliphatic carbocycles. The lowest BCUT2D eigenvalue weighted by Gasteiger charge is -2.26. The second-order valence-electron chi connectivity index (χ2n) is 5.26. The first-order chi connectivity index (χ1) is 9.69. The number of hydrogen-bond donors (Lipinski definition) is 0. The van der Waals surface area contributed by atoms with Crippen LogP contribution in [0.15, 0.2) is 41.5 Å². The topological polar surface area (TPSA) is 29.5 Å². The summed E-state index contributed by atoms with van der Waals surface area (Å²) in [5.41, 5.74) is 3.14. The molecule has 1 atom stereocenters. The summed E-state index contributed by atoms with van der Waals surface area (Å²) in [6.07, 6.45) is 2.96. The van der Waals surface area contributed by atoms with E-state index in [1.165, 1.54) is 0 Å². The number of carbonyl (C=O) groups excluding carboxylic acids is 1. The summed E-state index contributed by atoms with van der Waals surface area (Å²) in [6, 6.07) is 10.1. The van der Waals surface area contributed by atoms with Crippen LogP contribution in [-0.4, -0.2) is 24.1 Å². The van der Waals surface area contributed by atoms with Crippen LogP contribution >= 0.6 is 0 Å². The molecule has 1 aromatic rings. The van der Waals surface area contributed by atoms with Gasteiger partial charge in [0.25, 0.3) is 5.91 Å². The maximum atomic E-state index is 12.4. The summed E-state index contributed by atoms with van der Waals surface area (Å²) < 4.78 is 5.59. The lowest BCUT2D eigenvalue weighted by molar-refractivity contribution is -0.134. The smallest absolute Gasteiger partial charge is 0.252 e. The van der Waals surface area contributed by atoms with E-state index < -0.39 is 0 Å². The zero-order chi connectivity index (χ0) is 14.5. The molecule has 20 heavy (non-hydrogen) atoms. The highest BCUT2D eigenvalue weighted by molar-refractivity contribution is 5.96. The van der Waals surface area contributed by atoms with E-state index >= 15 is 0 Å². The Labute approximate surface area is 121 Å². The highest BCUT2D eigenvalue weighted by Gasteiger charge is 2.36. The van der Waals surface area contributed by atoms with Gasteiger partial charge in [0.05, 0.1) is 0 Å². The Kier molecular flexibility index (Phi) is 4.96. The fourth-order valence-electron chi connectivity index (χ4n) is 2.72. The molecule has 0 radical (unpaired) electrons. The van der Waals surface area contributed by atoms with E-state index in [1.54, 1.807) is 7.11 Å². The molecule has 0 fully saturated rings. The van der Waals surface area contributed by atoms with Gasteiger partial charge in [-0.2, -0.15) is 0 Å². The minimum Gasteiger partial charge on any atom is -0.357 e. The fourth-order valence-corrected chi connectivity index (χ4v) is 2.72. The second kappa shape index (κ2) is 6.71. The van der Waals surface area contributed by atoms with Gasteiger partial charge in [-0.05, 0) is 30.9 Å². The lowest BCUT2D eigenvalue weighted by atomic mass is 10.0. The van der Waals surface area contributed by atoms with Crippen molar-refractivity contribution in [2.45, 2.75) is 45.9 Å². The van der Waals surface area contributed by atoms with Crippen molar-refractivity contribution in [1.82, 2.24) is 4.90 Å². The largest absolute Gasteiger partial charge is 0.357 e.